The maximum absolute atomic E-state index is 11.8. The molecule has 0 unspecified atom stereocenters. The SMILES string of the molecule is NCc1ccc(CNC(=O)c2c[nH]ccc2=O)cc1. The summed E-state index contributed by atoms with van der Waals surface area (Å²) in [5.41, 5.74) is 7.32. The Morgan fingerprint density at radius 3 is 2.47 bits per heavy atom. The molecule has 2 rings (SSSR count). The number of aromatic amines is 1. The minimum absolute atomic E-state index is 0.112. The number of hydrogen-bond acceptors (Lipinski definition) is 3. The van der Waals surface area contributed by atoms with E-state index in [1.807, 2.05) is 24.3 Å². The molecule has 0 saturated carbocycles. The highest BCUT2D eigenvalue weighted by molar-refractivity contribution is 5.93. The molecule has 0 bridgehead atoms. The number of rotatable bonds is 4. The van der Waals surface area contributed by atoms with Gasteiger partial charge in [-0.1, -0.05) is 24.3 Å². The molecule has 0 aliphatic rings. The first-order chi connectivity index (χ1) is 9.20. The largest absolute Gasteiger partial charge is 0.367 e. The molecule has 1 aromatic heterocycles. The highest BCUT2D eigenvalue weighted by Crippen LogP contribution is 2.03. The lowest BCUT2D eigenvalue weighted by Gasteiger charge is -2.05. The molecule has 0 aliphatic heterocycles. The van der Waals surface area contributed by atoms with E-state index < -0.39 is 0 Å². The smallest absolute Gasteiger partial charge is 0.257 e. The van der Waals surface area contributed by atoms with Crippen LogP contribution in [0.4, 0.5) is 0 Å². The number of carbonyl (C=O) groups is 1. The topological polar surface area (TPSA) is 88.0 Å². The molecule has 2 aromatic rings. The van der Waals surface area contributed by atoms with E-state index in [9.17, 15) is 9.59 Å². The van der Waals surface area contributed by atoms with Crippen molar-refractivity contribution in [2.75, 3.05) is 0 Å². The van der Waals surface area contributed by atoms with Crippen molar-refractivity contribution in [3.63, 3.8) is 0 Å². The van der Waals surface area contributed by atoms with E-state index in [4.69, 9.17) is 5.73 Å². The third-order valence-corrected chi connectivity index (χ3v) is 2.78. The number of aromatic nitrogens is 1. The molecule has 0 atom stereocenters. The summed E-state index contributed by atoms with van der Waals surface area (Å²) in [4.78, 5) is 26.0. The Balaban J connectivity index is 2.00. The molecular formula is C14H15N3O2. The average molecular weight is 257 g/mol. The van der Waals surface area contributed by atoms with E-state index in [1.165, 1.54) is 18.5 Å². The highest BCUT2D eigenvalue weighted by Gasteiger charge is 2.08. The summed E-state index contributed by atoms with van der Waals surface area (Å²) < 4.78 is 0. The summed E-state index contributed by atoms with van der Waals surface area (Å²) in [5.74, 6) is -0.384. The lowest BCUT2D eigenvalue weighted by molar-refractivity contribution is 0.0949. The van der Waals surface area contributed by atoms with E-state index >= 15 is 0 Å². The van der Waals surface area contributed by atoms with Crippen LogP contribution in [0.5, 0.6) is 0 Å². The van der Waals surface area contributed by atoms with Gasteiger partial charge in [0.2, 0.25) is 0 Å². The van der Waals surface area contributed by atoms with E-state index in [1.54, 1.807) is 0 Å². The van der Waals surface area contributed by atoms with Crippen LogP contribution in [-0.2, 0) is 13.1 Å². The number of H-pyrrole nitrogens is 1. The van der Waals surface area contributed by atoms with Crippen LogP contribution < -0.4 is 16.5 Å². The fourth-order valence-electron chi connectivity index (χ4n) is 1.66. The number of pyridine rings is 1. The molecule has 0 radical (unpaired) electrons. The molecule has 5 nitrogen and oxygen atoms in total. The number of nitrogens with two attached hydrogens (primary N) is 1. The second-order valence-corrected chi connectivity index (χ2v) is 4.13. The van der Waals surface area contributed by atoms with Gasteiger partial charge >= 0.3 is 0 Å². The predicted octanol–water partition coefficient (Wildman–Crippen LogP) is 0.764. The van der Waals surface area contributed by atoms with Crippen molar-refractivity contribution in [3.8, 4) is 0 Å². The third kappa shape index (κ3) is 3.29. The molecule has 1 aromatic carbocycles. The van der Waals surface area contributed by atoms with Gasteiger partial charge in [-0.2, -0.15) is 0 Å². The van der Waals surface area contributed by atoms with Crippen molar-refractivity contribution in [1.29, 1.82) is 0 Å². The van der Waals surface area contributed by atoms with Gasteiger partial charge in [0.1, 0.15) is 5.56 Å². The maximum Gasteiger partial charge on any atom is 0.257 e. The van der Waals surface area contributed by atoms with E-state index in [0.29, 0.717) is 13.1 Å². The summed E-state index contributed by atoms with van der Waals surface area (Å²) in [6.45, 7) is 0.865. The minimum Gasteiger partial charge on any atom is -0.367 e. The Morgan fingerprint density at radius 2 is 1.84 bits per heavy atom. The van der Waals surface area contributed by atoms with Crippen LogP contribution in [0, 0.1) is 0 Å². The van der Waals surface area contributed by atoms with Crippen LogP contribution in [0.25, 0.3) is 0 Å². The quantitative estimate of drug-likeness (QED) is 0.755. The summed E-state index contributed by atoms with van der Waals surface area (Å²) in [6.07, 6.45) is 2.89. The second-order valence-electron chi connectivity index (χ2n) is 4.13. The third-order valence-electron chi connectivity index (χ3n) is 2.78. The van der Waals surface area contributed by atoms with Gasteiger partial charge in [0.05, 0.1) is 0 Å². The Labute approximate surface area is 110 Å². The van der Waals surface area contributed by atoms with Gasteiger partial charge in [-0.25, -0.2) is 0 Å². The first-order valence-corrected chi connectivity index (χ1v) is 5.94. The van der Waals surface area contributed by atoms with Crippen molar-refractivity contribution in [1.82, 2.24) is 10.3 Å². The summed E-state index contributed by atoms with van der Waals surface area (Å²) in [6, 6.07) is 8.95. The number of amides is 1. The lowest BCUT2D eigenvalue weighted by Crippen LogP contribution is -2.27. The first kappa shape index (κ1) is 13.0. The summed E-state index contributed by atoms with van der Waals surface area (Å²) >= 11 is 0. The Morgan fingerprint density at radius 1 is 1.16 bits per heavy atom. The molecule has 4 N–H and O–H groups in total. The number of carbonyl (C=O) groups excluding carboxylic acids is 1. The zero-order chi connectivity index (χ0) is 13.7. The molecule has 98 valence electrons. The molecule has 0 spiro atoms. The van der Waals surface area contributed by atoms with E-state index in [2.05, 4.69) is 10.3 Å². The fraction of sp³-hybridized carbons (Fsp3) is 0.143. The van der Waals surface area contributed by atoms with Gasteiger partial charge in [0.25, 0.3) is 5.91 Å². The van der Waals surface area contributed by atoms with Crippen LogP contribution in [-0.4, -0.2) is 10.9 Å². The fourth-order valence-corrected chi connectivity index (χ4v) is 1.66. The first-order valence-electron chi connectivity index (χ1n) is 5.94. The van der Waals surface area contributed by atoms with Crippen molar-refractivity contribution < 1.29 is 4.79 Å². The predicted molar refractivity (Wildman–Crippen MR) is 72.6 cm³/mol. The van der Waals surface area contributed by atoms with Gasteiger partial charge in [0.15, 0.2) is 5.43 Å². The molecule has 0 aliphatic carbocycles. The number of nitrogens with one attached hydrogen (secondary N) is 2. The van der Waals surface area contributed by atoms with Gasteiger partial charge in [-0.15, -0.1) is 0 Å². The normalized spacial score (nSPS) is 10.2. The monoisotopic (exact) mass is 257 g/mol. The molecule has 1 heterocycles. The molecule has 19 heavy (non-hydrogen) atoms. The molecular weight excluding hydrogens is 242 g/mol. The summed E-state index contributed by atoms with van der Waals surface area (Å²) in [5, 5.41) is 2.70. The maximum atomic E-state index is 11.8. The minimum atomic E-state index is -0.384. The van der Waals surface area contributed by atoms with E-state index in [0.717, 1.165) is 11.1 Å². The zero-order valence-electron chi connectivity index (χ0n) is 10.3. The Bertz CT molecular complexity index is 617. The molecule has 0 fully saturated rings. The van der Waals surface area contributed by atoms with E-state index in [-0.39, 0.29) is 16.9 Å². The van der Waals surface area contributed by atoms with Crippen molar-refractivity contribution in [2.24, 2.45) is 5.73 Å². The van der Waals surface area contributed by atoms with Crippen molar-refractivity contribution >= 4 is 5.91 Å². The molecule has 0 saturated heterocycles. The van der Waals surface area contributed by atoms with Gasteiger partial charge in [0, 0.05) is 31.5 Å². The van der Waals surface area contributed by atoms with Crippen LogP contribution in [0.3, 0.4) is 0 Å². The Kier molecular flexibility index (Phi) is 4.10. The molecule has 1 amide bonds. The lowest BCUT2D eigenvalue weighted by atomic mass is 10.1. The second kappa shape index (κ2) is 5.97. The average Bonchev–Trinajstić information content (AvgIpc) is 2.46. The van der Waals surface area contributed by atoms with Crippen LogP contribution >= 0.6 is 0 Å². The van der Waals surface area contributed by atoms with Gasteiger partial charge < -0.3 is 16.0 Å². The number of hydrogen-bond donors (Lipinski definition) is 3. The van der Waals surface area contributed by atoms with Crippen LogP contribution in [0.2, 0.25) is 0 Å². The standard InChI is InChI=1S/C14H15N3O2/c15-7-10-1-3-11(4-2-10)8-17-14(19)12-9-16-6-5-13(12)18/h1-6,9H,7-8,15H2,(H,16,18)(H,17,19). The van der Waals surface area contributed by atoms with Crippen molar-refractivity contribution in [2.45, 2.75) is 13.1 Å². The Hall–Kier alpha value is -2.40. The molecule has 5 heteroatoms. The van der Waals surface area contributed by atoms with Crippen molar-refractivity contribution in [3.05, 3.63) is 69.6 Å². The summed E-state index contributed by atoms with van der Waals surface area (Å²) in [7, 11) is 0. The van der Waals surface area contributed by atoms with Crippen LogP contribution in [0.15, 0.2) is 47.5 Å². The van der Waals surface area contributed by atoms with Crippen LogP contribution in [0.1, 0.15) is 21.5 Å². The zero-order valence-corrected chi connectivity index (χ0v) is 10.3. The van der Waals surface area contributed by atoms with Gasteiger partial charge in [-0.3, -0.25) is 9.59 Å². The number of benzene rings is 1. The van der Waals surface area contributed by atoms with Gasteiger partial charge in [-0.05, 0) is 11.1 Å². The highest BCUT2D eigenvalue weighted by atomic mass is 16.2.